The van der Waals surface area contributed by atoms with Gasteiger partial charge in [0.2, 0.25) is 0 Å². The Morgan fingerprint density at radius 2 is 1.75 bits per heavy atom. The first-order valence-corrected chi connectivity index (χ1v) is 5.91. The number of rotatable bonds is 2. The molecule has 2 N–H and O–H groups in total. The van der Waals surface area contributed by atoms with Gasteiger partial charge in [0.05, 0.1) is 0 Å². The van der Waals surface area contributed by atoms with Crippen LogP contribution in [-0.4, -0.2) is 5.78 Å². The lowest BCUT2D eigenvalue weighted by Crippen LogP contribution is -2.05. The van der Waals surface area contributed by atoms with Gasteiger partial charge >= 0.3 is 0 Å². The van der Waals surface area contributed by atoms with Gasteiger partial charge in [0, 0.05) is 20.4 Å². The van der Waals surface area contributed by atoms with Crippen LogP contribution in [-0.2, 0) is 0 Å². The molecule has 0 unspecified atom stereocenters. The number of carbonyl (C=O) groups excluding carboxylic acids is 1. The molecule has 2 rings (SSSR count). The van der Waals surface area contributed by atoms with Crippen LogP contribution >= 0.6 is 22.6 Å². The molecule has 0 saturated carbocycles. The topological polar surface area (TPSA) is 43.1 Å². The molecule has 0 heterocycles. The van der Waals surface area contributed by atoms with Gasteiger partial charge in [-0.25, -0.2) is 0 Å². The van der Waals surface area contributed by atoms with Crippen molar-refractivity contribution in [2.24, 2.45) is 0 Å². The van der Waals surface area contributed by atoms with Gasteiger partial charge in [-0.1, -0.05) is 30.3 Å². The van der Waals surface area contributed by atoms with Crippen LogP contribution in [0.15, 0.2) is 48.5 Å². The first kappa shape index (κ1) is 11.1. The Bertz CT molecular complexity index is 523. The average Bonchev–Trinajstić information content (AvgIpc) is 2.32. The van der Waals surface area contributed by atoms with Crippen LogP contribution in [0.5, 0.6) is 0 Å². The molecular weight excluding hydrogens is 313 g/mol. The fraction of sp³-hybridized carbons (Fsp3) is 0. The van der Waals surface area contributed by atoms with Gasteiger partial charge < -0.3 is 5.73 Å². The minimum atomic E-state index is -0.0309. The Kier molecular flexibility index (Phi) is 3.24. The highest BCUT2D eigenvalue weighted by molar-refractivity contribution is 14.1. The third kappa shape index (κ3) is 2.24. The van der Waals surface area contributed by atoms with Crippen molar-refractivity contribution in [1.82, 2.24) is 0 Å². The Morgan fingerprint density at radius 1 is 1.06 bits per heavy atom. The van der Waals surface area contributed by atoms with Crippen molar-refractivity contribution in [2.75, 3.05) is 5.73 Å². The molecule has 0 amide bonds. The summed E-state index contributed by atoms with van der Waals surface area (Å²) in [5, 5.41) is 0. The summed E-state index contributed by atoms with van der Waals surface area (Å²) in [4.78, 5) is 12.1. The fourth-order valence-corrected chi connectivity index (χ4v) is 1.96. The first-order valence-electron chi connectivity index (χ1n) is 4.83. The van der Waals surface area contributed by atoms with Gasteiger partial charge in [-0.05, 0) is 40.8 Å². The molecule has 0 aromatic heterocycles. The van der Waals surface area contributed by atoms with Crippen LogP contribution in [0.3, 0.4) is 0 Å². The minimum Gasteiger partial charge on any atom is -0.398 e. The summed E-state index contributed by atoms with van der Waals surface area (Å²) in [5.74, 6) is -0.0309. The molecule has 2 nitrogen and oxygen atoms in total. The maximum absolute atomic E-state index is 12.1. The second kappa shape index (κ2) is 4.65. The van der Waals surface area contributed by atoms with Crippen molar-refractivity contribution in [2.45, 2.75) is 0 Å². The van der Waals surface area contributed by atoms with E-state index < -0.39 is 0 Å². The average molecular weight is 323 g/mol. The molecule has 0 fully saturated rings. The lowest BCUT2D eigenvalue weighted by atomic mass is 10.0. The van der Waals surface area contributed by atoms with Crippen molar-refractivity contribution < 1.29 is 4.79 Å². The quantitative estimate of drug-likeness (QED) is 0.524. The molecule has 0 spiro atoms. The van der Waals surface area contributed by atoms with Gasteiger partial charge in [0.15, 0.2) is 5.78 Å². The van der Waals surface area contributed by atoms with Crippen LogP contribution in [0.25, 0.3) is 0 Å². The standard InChI is InChI=1S/C13H10INO/c14-10-6-7-12(15)11(8-10)13(16)9-4-2-1-3-5-9/h1-8H,15H2. The molecule has 0 atom stereocenters. The summed E-state index contributed by atoms with van der Waals surface area (Å²) in [6.45, 7) is 0. The maximum Gasteiger partial charge on any atom is 0.195 e. The van der Waals surface area contributed by atoms with Crippen molar-refractivity contribution >= 4 is 34.1 Å². The molecule has 16 heavy (non-hydrogen) atoms. The van der Waals surface area contributed by atoms with E-state index in [-0.39, 0.29) is 5.78 Å². The number of hydrogen-bond donors (Lipinski definition) is 1. The van der Waals surface area contributed by atoms with E-state index in [0.717, 1.165) is 3.57 Å². The summed E-state index contributed by atoms with van der Waals surface area (Å²) in [5.41, 5.74) is 7.56. The van der Waals surface area contributed by atoms with Crippen molar-refractivity contribution in [3.05, 3.63) is 63.2 Å². The van der Waals surface area contributed by atoms with Gasteiger partial charge in [-0.2, -0.15) is 0 Å². The number of halogens is 1. The Balaban J connectivity index is 2.46. The molecule has 0 bridgehead atoms. The van der Waals surface area contributed by atoms with E-state index in [1.54, 1.807) is 18.2 Å². The lowest BCUT2D eigenvalue weighted by molar-refractivity contribution is 0.103. The molecule has 3 heteroatoms. The van der Waals surface area contributed by atoms with Crippen LogP contribution in [0, 0.1) is 3.57 Å². The number of ketones is 1. The van der Waals surface area contributed by atoms with Crippen molar-refractivity contribution in [3.8, 4) is 0 Å². The third-order valence-corrected chi connectivity index (χ3v) is 2.97. The second-order valence-corrected chi connectivity index (χ2v) is 4.67. The zero-order valence-corrected chi connectivity index (χ0v) is 10.6. The molecule has 0 aliphatic rings. The monoisotopic (exact) mass is 323 g/mol. The molecule has 0 saturated heterocycles. The minimum absolute atomic E-state index is 0.0309. The number of hydrogen-bond acceptors (Lipinski definition) is 2. The van der Waals surface area contributed by atoms with Crippen LogP contribution in [0.1, 0.15) is 15.9 Å². The molecule has 80 valence electrons. The Hall–Kier alpha value is -1.36. The highest BCUT2D eigenvalue weighted by atomic mass is 127. The number of anilines is 1. The number of nitrogens with two attached hydrogens (primary N) is 1. The highest BCUT2D eigenvalue weighted by Crippen LogP contribution is 2.19. The predicted molar refractivity (Wildman–Crippen MR) is 73.4 cm³/mol. The normalized spacial score (nSPS) is 10.1. The molecule has 2 aromatic rings. The zero-order valence-electron chi connectivity index (χ0n) is 8.48. The zero-order chi connectivity index (χ0) is 11.5. The SMILES string of the molecule is Nc1ccc(I)cc1C(=O)c1ccccc1. The smallest absolute Gasteiger partial charge is 0.195 e. The van der Waals surface area contributed by atoms with E-state index >= 15 is 0 Å². The Morgan fingerprint density at radius 3 is 2.44 bits per heavy atom. The molecule has 2 aromatic carbocycles. The summed E-state index contributed by atoms with van der Waals surface area (Å²) in [6.07, 6.45) is 0. The van der Waals surface area contributed by atoms with E-state index in [9.17, 15) is 4.79 Å². The molecule has 0 radical (unpaired) electrons. The first-order chi connectivity index (χ1) is 7.68. The van der Waals surface area contributed by atoms with E-state index in [4.69, 9.17) is 5.73 Å². The second-order valence-electron chi connectivity index (χ2n) is 3.43. The summed E-state index contributed by atoms with van der Waals surface area (Å²) in [6, 6.07) is 14.6. The highest BCUT2D eigenvalue weighted by Gasteiger charge is 2.11. The molecular formula is C13H10INO. The predicted octanol–water partition coefficient (Wildman–Crippen LogP) is 3.10. The van der Waals surface area contributed by atoms with E-state index in [1.807, 2.05) is 30.3 Å². The van der Waals surface area contributed by atoms with Gasteiger partial charge in [0.1, 0.15) is 0 Å². The van der Waals surface area contributed by atoms with Crippen LogP contribution in [0.4, 0.5) is 5.69 Å². The third-order valence-electron chi connectivity index (χ3n) is 2.30. The van der Waals surface area contributed by atoms with Crippen molar-refractivity contribution in [1.29, 1.82) is 0 Å². The van der Waals surface area contributed by atoms with Crippen molar-refractivity contribution in [3.63, 3.8) is 0 Å². The fourth-order valence-electron chi connectivity index (χ4n) is 1.47. The molecule has 0 aliphatic heterocycles. The van der Waals surface area contributed by atoms with Gasteiger partial charge in [-0.3, -0.25) is 4.79 Å². The molecule has 0 aliphatic carbocycles. The van der Waals surface area contributed by atoms with Crippen LogP contribution < -0.4 is 5.73 Å². The van der Waals surface area contributed by atoms with E-state index in [2.05, 4.69) is 22.6 Å². The van der Waals surface area contributed by atoms with E-state index in [0.29, 0.717) is 16.8 Å². The summed E-state index contributed by atoms with van der Waals surface area (Å²) >= 11 is 2.17. The number of carbonyl (C=O) groups is 1. The van der Waals surface area contributed by atoms with Gasteiger partial charge in [0.25, 0.3) is 0 Å². The lowest BCUT2D eigenvalue weighted by Gasteiger charge is -2.05. The van der Waals surface area contributed by atoms with Crippen LogP contribution in [0.2, 0.25) is 0 Å². The maximum atomic E-state index is 12.1. The summed E-state index contributed by atoms with van der Waals surface area (Å²) in [7, 11) is 0. The van der Waals surface area contributed by atoms with E-state index in [1.165, 1.54) is 0 Å². The summed E-state index contributed by atoms with van der Waals surface area (Å²) < 4.78 is 1.01. The Labute approximate surface area is 108 Å². The van der Waals surface area contributed by atoms with Gasteiger partial charge in [-0.15, -0.1) is 0 Å². The number of nitrogen functional groups attached to an aromatic ring is 1. The largest absolute Gasteiger partial charge is 0.398 e. The number of benzene rings is 2.